The van der Waals surface area contributed by atoms with Gasteiger partial charge in [-0.25, -0.2) is 14.5 Å². The molecule has 0 radical (unpaired) electrons. The van der Waals surface area contributed by atoms with E-state index in [1.165, 1.54) is 23.1 Å². The summed E-state index contributed by atoms with van der Waals surface area (Å²) in [5.74, 6) is 0.397. The molecule has 0 atom stereocenters. The van der Waals surface area contributed by atoms with Crippen LogP contribution in [0.1, 0.15) is 27.4 Å². The van der Waals surface area contributed by atoms with E-state index in [0.29, 0.717) is 22.5 Å². The average Bonchev–Trinajstić information content (AvgIpc) is 3.33. The Morgan fingerprint density at radius 1 is 1.27 bits per heavy atom. The first-order valence-corrected chi connectivity index (χ1v) is 11.6. The molecule has 1 N–H and O–H groups in total. The van der Waals surface area contributed by atoms with E-state index < -0.39 is 0 Å². The number of thiazole rings is 1. The van der Waals surface area contributed by atoms with E-state index in [-0.39, 0.29) is 12.3 Å². The molecule has 0 bridgehead atoms. The molecule has 4 rings (SSSR count). The molecule has 154 valence electrons. The number of anilines is 1. The number of hydrogen-bond donors (Lipinski definition) is 1. The van der Waals surface area contributed by atoms with Gasteiger partial charge in [0.05, 0.1) is 6.42 Å². The summed E-state index contributed by atoms with van der Waals surface area (Å²) in [6.45, 7) is 3.81. The Balaban J connectivity index is 1.48. The van der Waals surface area contributed by atoms with Crippen molar-refractivity contribution in [2.24, 2.45) is 0 Å². The first kappa shape index (κ1) is 20.8. The Morgan fingerprint density at radius 2 is 2.07 bits per heavy atom. The third-order valence-corrected chi connectivity index (χ3v) is 6.49. The molecule has 3 heterocycles. The molecular weight excluding hydrogens is 440 g/mol. The van der Waals surface area contributed by atoms with Gasteiger partial charge in [0.1, 0.15) is 0 Å². The molecular formula is C20H19ClN6OS2. The number of nitrogens with one attached hydrogen (secondary N) is 1. The van der Waals surface area contributed by atoms with Gasteiger partial charge in [-0.15, -0.1) is 16.4 Å². The quantitative estimate of drug-likeness (QED) is 0.432. The second kappa shape index (κ2) is 8.71. The van der Waals surface area contributed by atoms with Gasteiger partial charge in [-0.3, -0.25) is 4.79 Å². The average molecular weight is 459 g/mol. The fraction of sp³-hybridized carbons (Fsp3) is 0.250. The van der Waals surface area contributed by atoms with Gasteiger partial charge in [0, 0.05) is 39.5 Å². The van der Waals surface area contributed by atoms with E-state index in [9.17, 15) is 4.79 Å². The van der Waals surface area contributed by atoms with Crippen molar-refractivity contribution in [3.05, 3.63) is 62.9 Å². The number of thioether (sulfide) groups is 1. The van der Waals surface area contributed by atoms with Crippen LogP contribution >= 0.6 is 34.7 Å². The lowest BCUT2D eigenvalue weighted by Crippen LogP contribution is -2.17. The number of rotatable bonds is 6. The lowest BCUT2D eigenvalue weighted by atomic mass is 10.1. The first-order chi connectivity index (χ1) is 14.4. The molecule has 1 aromatic carbocycles. The lowest BCUT2D eigenvalue weighted by molar-refractivity contribution is -0.115. The Bertz CT molecular complexity index is 1240. The Kier molecular flexibility index (Phi) is 6.03. The Hall–Kier alpha value is -2.49. The van der Waals surface area contributed by atoms with Crippen molar-refractivity contribution < 1.29 is 4.79 Å². The standard InChI is InChI=1S/C20H19ClN6OS2/c1-11-15(12(2)27-18(23-11)25-20(26-27)29-3)9-17(28)24-19-22-10-14(30-19)8-13-6-4-5-7-16(13)21/h4-7,10H,8-9H2,1-3H3,(H,22,24,28). The molecule has 0 saturated heterocycles. The molecule has 0 spiro atoms. The summed E-state index contributed by atoms with van der Waals surface area (Å²) in [6, 6.07) is 7.72. The minimum atomic E-state index is -0.147. The molecule has 30 heavy (non-hydrogen) atoms. The number of aryl methyl sites for hydroxylation is 2. The number of amides is 1. The predicted molar refractivity (Wildman–Crippen MR) is 121 cm³/mol. The van der Waals surface area contributed by atoms with Crippen molar-refractivity contribution in [3.63, 3.8) is 0 Å². The molecule has 0 aliphatic carbocycles. The smallest absolute Gasteiger partial charge is 0.253 e. The van der Waals surface area contributed by atoms with Crippen molar-refractivity contribution in [2.75, 3.05) is 11.6 Å². The maximum absolute atomic E-state index is 12.7. The maximum atomic E-state index is 12.7. The van der Waals surface area contributed by atoms with Gasteiger partial charge in [0.25, 0.3) is 5.78 Å². The molecule has 4 aromatic rings. The number of nitrogens with zero attached hydrogens (tertiary/aromatic N) is 5. The molecule has 0 aliphatic heterocycles. The van der Waals surface area contributed by atoms with Gasteiger partial charge in [-0.05, 0) is 31.7 Å². The number of hydrogen-bond acceptors (Lipinski definition) is 7. The fourth-order valence-corrected chi connectivity index (χ4v) is 4.52. The van der Waals surface area contributed by atoms with Crippen molar-refractivity contribution in [1.29, 1.82) is 0 Å². The molecule has 0 unspecified atom stereocenters. The number of halogens is 1. The highest BCUT2D eigenvalue weighted by molar-refractivity contribution is 7.98. The molecule has 1 amide bonds. The number of carbonyl (C=O) groups is 1. The van der Waals surface area contributed by atoms with Crippen LogP contribution in [0.2, 0.25) is 5.02 Å². The second-order valence-corrected chi connectivity index (χ2v) is 8.99. The van der Waals surface area contributed by atoms with Gasteiger partial charge < -0.3 is 5.32 Å². The second-order valence-electron chi connectivity index (χ2n) is 6.70. The van der Waals surface area contributed by atoms with Crippen LogP contribution in [0.4, 0.5) is 5.13 Å². The number of benzene rings is 1. The highest BCUT2D eigenvalue weighted by Crippen LogP contribution is 2.25. The summed E-state index contributed by atoms with van der Waals surface area (Å²) < 4.78 is 1.69. The van der Waals surface area contributed by atoms with E-state index in [1.807, 2.05) is 44.4 Å². The Morgan fingerprint density at radius 3 is 2.83 bits per heavy atom. The number of aromatic nitrogens is 5. The summed E-state index contributed by atoms with van der Waals surface area (Å²) in [5.41, 5.74) is 3.50. The summed E-state index contributed by atoms with van der Waals surface area (Å²) in [4.78, 5) is 26.9. The highest BCUT2D eigenvalue weighted by atomic mass is 35.5. The van der Waals surface area contributed by atoms with E-state index in [0.717, 1.165) is 32.4 Å². The summed E-state index contributed by atoms with van der Waals surface area (Å²) in [5, 5.41) is 9.26. The maximum Gasteiger partial charge on any atom is 0.253 e. The lowest BCUT2D eigenvalue weighted by Gasteiger charge is -2.09. The van der Waals surface area contributed by atoms with E-state index in [1.54, 1.807) is 10.7 Å². The molecule has 7 nitrogen and oxygen atoms in total. The first-order valence-electron chi connectivity index (χ1n) is 9.19. The van der Waals surface area contributed by atoms with Crippen LogP contribution in [0.15, 0.2) is 35.6 Å². The zero-order chi connectivity index (χ0) is 21.3. The van der Waals surface area contributed by atoms with Crippen molar-refractivity contribution in [3.8, 4) is 0 Å². The van der Waals surface area contributed by atoms with Crippen molar-refractivity contribution in [1.82, 2.24) is 24.6 Å². The van der Waals surface area contributed by atoms with Gasteiger partial charge in [-0.2, -0.15) is 4.98 Å². The number of fused-ring (bicyclic) bond motifs is 1. The molecule has 0 fully saturated rings. The summed E-state index contributed by atoms with van der Waals surface area (Å²) >= 11 is 9.13. The van der Waals surface area contributed by atoms with E-state index in [2.05, 4.69) is 25.4 Å². The summed E-state index contributed by atoms with van der Waals surface area (Å²) in [6.07, 6.45) is 4.55. The zero-order valence-corrected chi connectivity index (χ0v) is 19.0. The number of carbonyl (C=O) groups excluding carboxylic acids is 1. The van der Waals surface area contributed by atoms with Crippen LogP contribution in [0.3, 0.4) is 0 Å². The third kappa shape index (κ3) is 4.33. The molecule has 0 aliphatic rings. The third-order valence-electron chi connectivity index (χ3n) is 4.67. The summed E-state index contributed by atoms with van der Waals surface area (Å²) in [7, 11) is 0. The Labute approximate surface area is 186 Å². The highest BCUT2D eigenvalue weighted by Gasteiger charge is 2.17. The molecule has 10 heteroatoms. The van der Waals surface area contributed by atoms with E-state index >= 15 is 0 Å². The van der Waals surface area contributed by atoms with E-state index in [4.69, 9.17) is 11.6 Å². The largest absolute Gasteiger partial charge is 0.302 e. The SMILES string of the molecule is CSc1nc2nc(C)c(CC(=O)Nc3ncc(Cc4ccccc4Cl)s3)c(C)n2n1. The fourth-order valence-electron chi connectivity index (χ4n) is 3.13. The minimum absolute atomic E-state index is 0.147. The van der Waals surface area contributed by atoms with Crippen LogP contribution in [0.5, 0.6) is 0 Å². The van der Waals surface area contributed by atoms with Crippen LogP contribution in [-0.2, 0) is 17.6 Å². The van der Waals surface area contributed by atoms with Gasteiger partial charge in [0.2, 0.25) is 11.1 Å². The van der Waals surface area contributed by atoms with Crippen molar-refractivity contribution >= 4 is 51.5 Å². The van der Waals surface area contributed by atoms with Crippen LogP contribution in [0, 0.1) is 13.8 Å². The van der Waals surface area contributed by atoms with Gasteiger partial charge in [0.15, 0.2) is 5.13 Å². The molecule has 3 aromatic heterocycles. The molecule has 0 saturated carbocycles. The van der Waals surface area contributed by atoms with Crippen LogP contribution in [0.25, 0.3) is 5.78 Å². The monoisotopic (exact) mass is 458 g/mol. The van der Waals surface area contributed by atoms with Crippen molar-refractivity contribution in [2.45, 2.75) is 31.8 Å². The van der Waals surface area contributed by atoms with Gasteiger partial charge >= 0.3 is 0 Å². The minimum Gasteiger partial charge on any atom is -0.302 e. The predicted octanol–water partition coefficient (Wildman–Crippen LogP) is 4.34. The van der Waals surface area contributed by atoms with Gasteiger partial charge in [-0.1, -0.05) is 41.6 Å². The van der Waals surface area contributed by atoms with Crippen LogP contribution in [-0.4, -0.2) is 36.7 Å². The zero-order valence-electron chi connectivity index (χ0n) is 16.6. The van der Waals surface area contributed by atoms with Crippen LogP contribution < -0.4 is 5.32 Å². The topological polar surface area (TPSA) is 85.1 Å². The normalized spacial score (nSPS) is 11.2.